The number of nitrogens with one attached hydrogen (secondary N) is 1. The Bertz CT molecular complexity index is 792. The van der Waals surface area contributed by atoms with Gasteiger partial charge in [0.2, 0.25) is 10.0 Å². The summed E-state index contributed by atoms with van der Waals surface area (Å²) in [6.07, 6.45) is 0.894. The lowest BCUT2D eigenvalue weighted by Crippen LogP contribution is -2.30. The van der Waals surface area contributed by atoms with Gasteiger partial charge in [-0.25, -0.2) is 8.42 Å². The van der Waals surface area contributed by atoms with E-state index in [0.29, 0.717) is 34.3 Å². The summed E-state index contributed by atoms with van der Waals surface area (Å²) in [5.74, 6) is 0.373. The van der Waals surface area contributed by atoms with E-state index in [4.69, 9.17) is 11.6 Å². The second-order valence-corrected chi connectivity index (χ2v) is 7.98. The molecule has 1 aliphatic heterocycles. The Morgan fingerprint density at radius 2 is 1.95 bits per heavy atom. The fourth-order valence-corrected chi connectivity index (χ4v) is 5.02. The van der Waals surface area contributed by atoms with Crippen molar-refractivity contribution >= 4 is 32.4 Å². The van der Waals surface area contributed by atoms with Crippen LogP contribution in [0.5, 0.6) is 0 Å². The van der Waals surface area contributed by atoms with Gasteiger partial charge in [0.1, 0.15) is 0 Å². The standard InChI is InChI=1S/C16H19ClN2O2S/c1-18-10-12-8-9-19(11-12)22(20,21)16-7-6-15(17)13-4-2-3-5-14(13)16/h2-7,12,18H,8-11H2,1H3. The molecule has 1 saturated heterocycles. The molecule has 1 unspecified atom stereocenters. The lowest BCUT2D eigenvalue weighted by Gasteiger charge is -2.18. The molecule has 2 aromatic carbocycles. The number of sulfonamides is 1. The molecule has 1 heterocycles. The zero-order valence-corrected chi connectivity index (χ0v) is 14.0. The summed E-state index contributed by atoms with van der Waals surface area (Å²) in [6.45, 7) is 1.99. The lowest BCUT2D eigenvalue weighted by molar-refractivity contribution is 0.452. The Balaban J connectivity index is 2.02. The summed E-state index contributed by atoms with van der Waals surface area (Å²) in [6, 6.07) is 10.7. The lowest BCUT2D eigenvalue weighted by atomic mass is 10.1. The smallest absolute Gasteiger partial charge is 0.243 e. The summed E-state index contributed by atoms with van der Waals surface area (Å²) >= 11 is 6.19. The second kappa shape index (κ2) is 6.16. The fraction of sp³-hybridized carbons (Fsp3) is 0.375. The molecule has 1 N–H and O–H groups in total. The molecule has 2 aromatic rings. The van der Waals surface area contributed by atoms with Gasteiger partial charge in [0.05, 0.1) is 4.90 Å². The zero-order chi connectivity index (χ0) is 15.7. The molecule has 1 fully saturated rings. The first kappa shape index (κ1) is 15.7. The van der Waals surface area contributed by atoms with Crippen LogP contribution in [0.4, 0.5) is 0 Å². The van der Waals surface area contributed by atoms with Crippen molar-refractivity contribution in [1.29, 1.82) is 0 Å². The topological polar surface area (TPSA) is 49.4 Å². The molecule has 0 radical (unpaired) electrons. The number of benzene rings is 2. The molecule has 22 heavy (non-hydrogen) atoms. The van der Waals surface area contributed by atoms with Gasteiger partial charge in [-0.2, -0.15) is 4.31 Å². The number of nitrogens with zero attached hydrogens (tertiary/aromatic N) is 1. The van der Waals surface area contributed by atoms with E-state index >= 15 is 0 Å². The van der Waals surface area contributed by atoms with Gasteiger partial charge < -0.3 is 5.32 Å². The molecule has 4 nitrogen and oxygen atoms in total. The van der Waals surface area contributed by atoms with Gasteiger partial charge >= 0.3 is 0 Å². The maximum Gasteiger partial charge on any atom is 0.243 e. The first-order chi connectivity index (χ1) is 10.5. The highest BCUT2D eigenvalue weighted by Gasteiger charge is 2.33. The Kier molecular flexibility index (Phi) is 4.41. The average molecular weight is 339 g/mol. The van der Waals surface area contributed by atoms with Crippen LogP contribution in [0, 0.1) is 5.92 Å². The van der Waals surface area contributed by atoms with Crippen molar-refractivity contribution in [3.8, 4) is 0 Å². The van der Waals surface area contributed by atoms with E-state index in [2.05, 4.69) is 5.32 Å². The molecule has 0 aliphatic carbocycles. The van der Waals surface area contributed by atoms with Gasteiger partial charge in [-0.1, -0.05) is 35.9 Å². The van der Waals surface area contributed by atoms with Gasteiger partial charge in [-0.05, 0) is 38.1 Å². The van der Waals surface area contributed by atoms with Crippen LogP contribution in [0.1, 0.15) is 6.42 Å². The molecular formula is C16H19ClN2O2S. The van der Waals surface area contributed by atoms with Gasteiger partial charge in [0, 0.05) is 28.9 Å². The average Bonchev–Trinajstić information content (AvgIpc) is 2.97. The summed E-state index contributed by atoms with van der Waals surface area (Å²) in [7, 11) is -1.59. The van der Waals surface area contributed by atoms with Gasteiger partial charge in [0.25, 0.3) is 0 Å². The first-order valence-electron chi connectivity index (χ1n) is 7.36. The predicted octanol–water partition coefficient (Wildman–Crippen LogP) is 2.72. The molecule has 0 spiro atoms. The van der Waals surface area contributed by atoms with Crippen LogP contribution in [-0.4, -0.2) is 39.4 Å². The van der Waals surface area contributed by atoms with Crippen molar-refractivity contribution in [3.05, 3.63) is 41.4 Å². The number of halogens is 1. The monoisotopic (exact) mass is 338 g/mol. The van der Waals surface area contributed by atoms with Crippen molar-refractivity contribution in [2.45, 2.75) is 11.3 Å². The third-order valence-electron chi connectivity index (χ3n) is 4.19. The van der Waals surface area contributed by atoms with Crippen LogP contribution in [-0.2, 0) is 10.0 Å². The van der Waals surface area contributed by atoms with Gasteiger partial charge in [-0.15, -0.1) is 0 Å². The summed E-state index contributed by atoms with van der Waals surface area (Å²) < 4.78 is 27.5. The van der Waals surface area contributed by atoms with E-state index < -0.39 is 10.0 Å². The summed E-state index contributed by atoms with van der Waals surface area (Å²) in [5.41, 5.74) is 0. The maximum atomic E-state index is 13.0. The van der Waals surface area contributed by atoms with Crippen LogP contribution in [0.15, 0.2) is 41.3 Å². The molecular weight excluding hydrogens is 320 g/mol. The Labute approximate surface area is 136 Å². The molecule has 1 atom stereocenters. The van der Waals surface area contributed by atoms with E-state index in [1.165, 1.54) is 0 Å². The van der Waals surface area contributed by atoms with Crippen LogP contribution in [0.25, 0.3) is 10.8 Å². The molecule has 0 bridgehead atoms. The highest BCUT2D eigenvalue weighted by Crippen LogP contribution is 2.32. The fourth-order valence-electron chi connectivity index (χ4n) is 3.07. The molecule has 118 valence electrons. The molecule has 6 heteroatoms. The normalized spacial score (nSPS) is 19.8. The van der Waals surface area contributed by atoms with Crippen molar-refractivity contribution < 1.29 is 8.42 Å². The van der Waals surface area contributed by atoms with Crippen molar-refractivity contribution in [3.63, 3.8) is 0 Å². The maximum absolute atomic E-state index is 13.0. The Hall–Kier alpha value is -1.14. The SMILES string of the molecule is CNCC1CCN(S(=O)(=O)c2ccc(Cl)c3ccccc23)C1. The van der Waals surface area contributed by atoms with E-state index in [9.17, 15) is 8.42 Å². The molecule has 3 rings (SSSR count). The second-order valence-electron chi connectivity index (χ2n) is 5.67. The van der Waals surface area contributed by atoms with Crippen molar-refractivity contribution in [2.24, 2.45) is 5.92 Å². The van der Waals surface area contributed by atoms with Crippen LogP contribution >= 0.6 is 11.6 Å². The minimum absolute atomic E-state index is 0.345. The minimum Gasteiger partial charge on any atom is -0.319 e. The number of hydrogen-bond acceptors (Lipinski definition) is 3. The van der Waals surface area contributed by atoms with E-state index in [-0.39, 0.29) is 0 Å². The first-order valence-corrected chi connectivity index (χ1v) is 9.18. The van der Waals surface area contributed by atoms with Gasteiger partial charge in [0.15, 0.2) is 0 Å². The third-order valence-corrected chi connectivity index (χ3v) is 6.44. The summed E-state index contributed by atoms with van der Waals surface area (Å²) in [4.78, 5) is 0.345. The van der Waals surface area contributed by atoms with Crippen LogP contribution < -0.4 is 5.32 Å². The van der Waals surface area contributed by atoms with Gasteiger partial charge in [-0.3, -0.25) is 0 Å². The highest BCUT2D eigenvalue weighted by molar-refractivity contribution is 7.89. The van der Waals surface area contributed by atoms with Crippen molar-refractivity contribution in [2.75, 3.05) is 26.7 Å². The predicted molar refractivity (Wildman–Crippen MR) is 89.8 cm³/mol. The minimum atomic E-state index is -3.49. The van der Waals surface area contributed by atoms with E-state index in [1.807, 2.05) is 31.3 Å². The number of rotatable bonds is 4. The largest absolute Gasteiger partial charge is 0.319 e. The Morgan fingerprint density at radius 3 is 2.68 bits per heavy atom. The highest BCUT2D eigenvalue weighted by atomic mass is 35.5. The zero-order valence-electron chi connectivity index (χ0n) is 12.4. The van der Waals surface area contributed by atoms with Crippen molar-refractivity contribution in [1.82, 2.24) is 9.62 Å². The molecule has 0 saturated carbocycles. The quantitative estimate of drug-likeness (QED) is 0.932. The number of fused-ring (bicyclic) bond motifs is 1. The number of hydrogen-bond donors (Lipinski definition) is 1. The molecule has 1 aliphatic rings. The Morgan fingerprint density at radius 1 is 1.23 bits per heavy atom. The molecule has 0 amide bonds. The molecule has 0 aromatic heterocycles. The van der Waals surface area contributed by atoms with Crippen LogP contribution in [0.2, 0.25) is 5.02 Å². The third kappa shape index (κ3) is 2.74. The van der Waals surface area contributed by atoms with Crippen LogP contribution in [0.3, 0.4) is 0 Å². The van der Waals surface area contributed by atoms with E-state index in [0.717, 1.165) is 18.4 Å². The van der Waals surface area contributed by atoms with E-state index in [1.54, 1.807) is 16.4 Å². The summed E-state index contributed by atoms with van der Waals surface area (Å²) in [5, 5.41) is 5.15.